The monoisotopic (exact) mass is 265 g/mol. The average molecular weight is 266 g/mol. The average Bonchev–Trinajstić information content (AvgIpc) is 2.60. The lowest BCUT2D eigenvalue weighted by atomic mass is 10.1. The van der Waals surface area contributed by atoms with Crippen molar-refractivity contribution in [3.05, 3.63) is 34.9 Å². The lowest BCUT2D eigenvalue weighted by molar-refractivity contribution is -0.136. The van der Waals surface area contributed by atoms with E-state index in [-0.39, 0.29) is 16.5 Å². The number of carbonyl (C=O) groups excluding carboxylic acids is 2. The molecule has 5 heteroatoms. The Morgan fingerprint density at radius 1 is 1.22 bits per heavy atom. The summed E-state index contributed by atoms with van der Waals surface area (Å²) < 4.78 is 5.18. The van der Waals surface area contributed by atoms with Crippen molar-refractivity contribution in [2.45, 2.75) is 6.92 Å². The number of nitrogens with zero attached hydrogens (tertiary/aromatic N) is 1. The van der Waals surface area contributed by atoms with Crippen LogP contribution in [0.4, 0.5) is 0 Å². The number of amides is 2. The molecule has 1 aromatic carbocycles. The molecule has 0 saturated carbocycles. The maximum absolute atomic E-state index is 12.1. The van der Waals surface area contributed by atoms with Crippen molar-refractivity contribution in [2.75, 3.05) is 13.7 Å². The van der Waals surface area contributed by atoms with E-state index in [2.05, 4.69) is 0 Å². The van der Waals surface area contributed by atoms with E-state index in [4.69, 9.17) is 16.3 Å². The fourth-order valence-electron chi connectivity index (χ4n) is 1.92. The second-order valence-corrected chi connectivity index (χ2v) is 4.12. The van der Waals surface area contributed by atoms with Gasteiger partial charge in [-0.15, -0.1) is 0 Å². The number of likely N-dealkylation sites (N-methyl/N-ethyl adjacent to an activating group) is 1. The van der Waals surface area contributed by atoms with Crippen molar-refractivity contribution >= 4 is 29.0 Å². The van der Waals surface area contributed by atoms with Gasteiger partial charge in [0.2, 0.25) is 0 Å². The van der Waals surface area contributed by atoms with Crippen LogP contribution in [-0.4, -0.2) is 30.4 Å². The number of hydrogen-bond donors (Lipinski definition) is 0. The summed E-state index contributed by atoms with van der Waals surface area (Å²) in [5.74, 6) is -0.313. The molecule has 0 radical (unpaired) electrons. The zero-order valence-electron chi connectivity index (χ0n) is 10.1. The molecule has 2 amide bonds. The van der Waals surface area contributed by atoms with E-state index >= 15 is 0 Å². The minimum atomic E-state index is -0.454. The molecule has 0 spiro atoms. The van der Waals surface area contributed by atoms with E-state index in [9.17, 15) is 9.59 Å². The van der Waals surface area contributed by atoms with Crippen molar-refractivity contribution < 1.29 is 14.3 Å². The van der Waals surface area contributed by atoms with Crippen LogP contribution in [0.15, 0.2) is 29.3 Å². The highest BCUT2D eigenvalue weighted by Crippen LogP contribution is 2.35. The molecule has 1 aromatic rings. The third kappa shape index (κ3) is 1.78. The number of methoxy groups -OCH3 is 1. The Bertz CT molecular complexity index is 551. The summed E-state index contributed by atoms with van der Waals surface area (Å²) in [6, 6.07) is 6.98. The molecular weight excluding hydrogens is 254 g/mol. The number of para-hydroxylation sites is 1. The Labute approximate surface area is 110 Å². The Balaban J connectivity index is 2.57. The van der Waals surface area contributed by atoms with E-state index < -0.39 is 5.91 Å². The zero-order chi connectivity index (χ0) is 13.3. The van der Waals surface area contributed by atoms with Crippen molar-refractivity contribution in [1.29, 1.82) is 0 Å². The van der Waals surface area contributed by atoms with E-state index in [1.165, 1.54) is 7.11 Å². The summed E-state index contributed by atoms with van der Waals surface area (Å²) in [6.45, 7) is 2.03. The topological polar surface area (TPSA) is 46.6 Å². The lowest BCUT2D eigenvalue weighted by Gasteiger charge is -2.12. The lowest BCUT2D eigenvalue weighted by Crippen LogP contribution is -2.30. The number of ether oxygens (including phenoxy) is 1. The fraction of sp³-hybridized carbons (Fsp3) is 0.231. The first-order valence-electron chi connectivity index (χ1n) is 5.51. The molecular formula is C13H12ClNO3. The van der Waals surface area contributed by atoms with Crippen LogP contribution in [0.25, 0.3) is 5.57 Å². The highest BCUT2D eigenvalue weighted by atomic mass is 35.5. The van der Waals surface area contributed by atoms with Crippen LogP contribution in [0.3, 0.4) is 0 Å². The van der Waals surface area contributed by atoms with Gasteiger partial charge in [0, 0.05) is 12.1 Å². The smallest absolute Gasteiger partial charge is 0.273 e. The summed E-state index contributed by atoms with van der Waals surface area (Å²) >= 11 is 5.97. The van der Waals surface area contributed by atoms with Gasteiger partial charge in [0.05, 0.1) is 12.7 Å². The summed E-state index contributed by atoms with van der Waals surface area (Å²) in [5.41, 5.74) is 0.750. The second-order valence-electron chi connectivity index (χ2n) is 3.74. The number of rotatable bonds is 3. The predicted octanol–water partition coefficient (Wildman–Crippen LogP) is 2.03. The zero-order valence-corrected chi connectivity index (χ0v) is 10.8. The molecule has 0 aromatic heterocycles. The first-order chi connectivity index (χ1) is 8.61. The molecule has 4 nitrogen and oxygen atoms in total. The van der Waals surface area contributed by atoms with Crippen molar-refractivity contribution in [2.24, 2.45) is 0 Å². The molecule has 1 aliphatic rings. The molecule has 0 unspecified atom stereocenters. The fourth-order valence-corrected chi connectivity index (χ4v) is 2.20. The predicted molar refractivity (Wildman–Crippen MR) is 68.2 cm³/mol. The molecule has 1 heterocycles. The van der Waals surface area contributed by atoms with Gasteiger partial charge in [-0.25, -0.2) is 0 Å². The van der Waals surface area contributed by atoms with Gasteiger partial charge in [-0.3, -0.25) is 14.5 Å². The van der Waals surface area contributed by atoms with Crippen LogP contribution in [0, 0.1) is 0 Å². The summed E-state index contributed by atoms with van der Waals surface area (Å²) in [6.07, 6.45) is 0. The molecule has 0 aliphatic carbocycles. The van der Waals surface area contributed by atoms with Gasteiger partial charge in [-0.1, -0.05) is 29.8 Å². The number of hydrogen-bond acceptors (Lipinski definition) is 3. The number of benzene rings is 1. The molecule has 0 N–H and O–H groups in total. The minimum absolute atomic E-state index is 0.0497. The Morgan fingerprint density at radius 2 is 1.89 bits per heavy atom. The van der Waals surface area contributed by atoms with Crippen LogP contribution in [0.1, 0.15) is 12.5 Å². The van der Waals surface area contributed by atoms with E-state index in [1.54, 1.807) is 31.2 Å². The van der Waals surface area contributed by atoms with Crippen LogP contribution >= 0.6 is 11.6 Å². The Kier molecular flexibility index (Phi) is 3.39. The Morgan fingerprint density at radius 3 is 2.44 bits per heavy atom. The highest BCUT2D eigenvalue weighted by Gasteiger charge is 2.38. The standard InChI is InChI=1S/C13H12ClNO3/c1-3-15-12(16)10(11(14)13(15)17)8-6-4-5-7-9(8)18-2/h4-7H,3H2,1-2H3. The molecule has 0 bridgehead atoms. The molecule has 94 valence electrons. The van der Waals surface area contributed by atoms with Crippen molar-refractivity contribution in [1.82, 2.24) is 4.90 Å². The van der Waals surface area contributed by atoms with Gasteiger partial charge in [0.25, 0.3) is 11.8 Å². The first-order valence-corrected chi connectivity index (χ1v) is 5.89. The second kappa shape index (κ2) is 4.82. The molecule has 1 aliphatic heterocycles. The SMILES string of the molecule is CCN1C(=O)C(Cl)=C(c2ccccc2OC)C1=O. The maximum atomic E-state index is 12.1. The third-order valence-corrected chi connectivity index (χ3v) is 3.15. The third-order valence-electron chi connectivity index (χ3n) is 2.80. The normalized spacial score (nSPS) is 15.6. The molecule has 0 saturated heterocycles. The van der Waals surface area contributed by atoms with E-state index in [0.717, 1.165) is 4.90 Å². The quantitative estimate of drug-likeness (QED) is 0.786. The van der Waals surface area contributed by atoms with Crippen molar-refractivity contribution in [3.63, 3.8) is 0 Å². The first kappa shape index (κ1) is 12.6. The van der Waals surface area contributed by atoms with Crippen LogP contribution in [0.2, 0.25) is 0 Å². The van der Waals surface area contributed by atoms with Gasteiger partial charge in [0.1, 0.15) is 10.8 Å². The van der Waals surface area contributed by atoms with Gasteiger partial charge >= 0.3 is 0 Å². The molecule has 2 rings (SSSR count). The number of carbonyl (C=O) groups is 2. The van der Waals surface area contributed by atoms with Crippen LogP contribution in [0.5, 0.6) is 5.75 Å². The minimum Gasteiger partial charge on any atom is -0.496 e. The summed E-state index contributed by atoms with van der Waals surface area (Å²) in [5, 5.41) is -0.0497. The summed E-state index contributed by atoms with van der Waals surface area (Å²) in [7, 11) is 1.51. The Hall–Kier alpha value is -1.81. The van der Waals surface area contributed by atoms with Crippen LogP contribution in [-0.2, 0) is 9.59 Å². The molecule has 0 fully saturated rings. The van der Waals surface area contributed by atoms with Gasteiger partial charge in [0.15, 0.2) is 0 Å². The van der Waals surface area contributed by atoms with E-state index in [1.807, 2.05) is 0 Å². The van der Waals surface area contributed by atoms with Gasteiger partial charge < -0.3 is 4.74 Å². The number of halogens is 1. The van der Waals surface area contributed by atoms with E-state index in [0.29, 0.717) is 17.9 Å². The highest BCUT2D eigenvalue weighted by molar-refractivity contribution is 6.55. The maximum Gasteiger partial charge on any atom is 0.273 e. The molecule has 0 atom stereocenters. The summed E-state index contributed by atoms with van der Waals surface area (Å²) in [4.78, 5) is 25.1. The molecule has 18 heavy (non-hydrogen) atoms. The van der Waals surface area contributed by atoms with Crippen LogP contribution < -0.4 is 4.74 Å². The van der Waals surface area contributed by atoms with Crippen molar-refractivity contribution in [3.8, 4) is 5.75 Å². The van der Waals surface area contributed by atoms with Gasteiger partial charge in [-0.2, -0.15) is 0 Å². The largest absolute Gasteiger partial charge is 0.496 e. The van der Waals surface area contributed by atoms with Gasteiger partial charge in [-0.05, 0) is 13.0 Å². The number of imide groups is 1.